The number of benzene rings is 1. The molecule has 0 spiro atoms. The standard InChI is InChI=1S/C13H17NO2/c1-15-9-8-14-7-6-11-10-16-13-5-3-2-4-12(11)13/h2-5,10,14H,6-9H2,1H3. The number of fused-ring (bicyclic) bond motifs is 1. The van der Waals surface area contributed by atoms with Gasteiger partial charge >= 0.3 is 0 Å². The Morgan fingerprint density at radius 3 is 3.00 bits per heavy atom. The minimum Gasteiger partial charge on any atom is -0.464 e. The van der Waals surface area contributed by atoms with Crippen LogP contribution in [-0.4, -0.2) is 26.8 Å². The second kappa shape index (κ2) is 5.68. The van der Waals surface area contributed by atoms with Crippen LogP contribution in [0.3, 0.4) is 0 Å². The van der Waals surface area contributed by atoms with E-state index in [1.165, 1.54) is 10.9 Å². The summed E-state index contributed by atoms with van der Waals surface area (Å²) in [5, 5.41) is 4.54. The highest BCUT2D eigenvalue weighted by Gasteiger charge is 2.03. The van der Waals surface area contributed by atoms with Crippen LogP contribution in [0.25, 0.3) is 11.0 Å². The van der Waals surface area contributed by atoms with Crippen molar-refractivity contribution < 1.29 is 9.15 Å². The molecule has 0 aliphatic heterocycles. The van der Waals surface area contributed by atoms with Crippen LogP contribution in [0.4, 0.5) is 0 Å². The zero-order valence-electron chi connectivity index (χ0n) is 9.53. The Hall–Kier alpha value is -1.32. The third kappa shape index (κ3) is 2.62. The molecule has 0 fully saturated rings. The maximum Gasteiger partial charge on any atom is 0.134 e. The van der Waals surface area contributed by atoms with E-state index in [4.69, 9.17) is 9.15 Å². The molecule has 2 rings (SSSR count). The second-order valence-corrected chi connectivity index (χ2v) is 3.75. The highest BCUT2D eigenvalue weighted by Crippen LogP contribution is 2.20. The van der Waals surface area contributed by atoms with Crippen molar-refractivity contribution >= 4 is 11.0 Å². The fraction of sp³-hybridized carbons (Fsp3) is 0.385. The molecule has 1 heterocycles. The zero-order chi connectivity index (χ0) is 11.2. The van der Waals surface area contributed by atoms with Crippen molar-refractivity contribution in [3.05, 3.63) is 36.1 Å². The molecule has 1 N–H and O–H groups in total. The number of para-hydroxylation sites is 1. The van der Waals surface area contributed by atoms with Crippen LogP contribution in [0.2, 0.25) is 0 Å². The number of hydrogen-bond acceptors (Lipinski definition) is 3. The molecule has 0 saturated carbocycles. The number of methoxy groups -OCH3 is 1. The summed E-state index contributed by atoms with van der Waals surface area (Å²) < 4.78 is 10.4. The molecule has 3 nitrogen and oxygen atoms in total. The van der Waals surface area contributed by atoms with Gasteiger partial charge in [-0.25, -0.2) is 0 Å². The minimum absolute atomic E-state index is 0.756. The monoisotopic (exact) mass is 219 g/mol. The predicted molar refractivity (Wildman–Crippen MR) is 64.7 cm³/mol. The summed E-state index contributed by atoms with van der Waals surface area (Å²) in [6.45, 7) is 2.60. The molecule has 1 aromatic carbocycles. The lowest BCUT2D eigenvalue weighted by atomic mass is 10.1. The quantitative estimate of drug-likeness (QED) is 0.756. The molecule has 0 atom stereocenters. The SMILES string of the molecule is COCCNCCc1coc2ccccc12. The van der Waals surface area contributed by atoms with Crippen LogP contribution < -0.4 is 5.32 Å². The molecule has 0 saturated heterocycles. The third-order valence-corrected chi connectivity index (χ3v) is 2.62. The second-order valence-electron chi connectivity index (χ2n) is 3.75. The molecule has 0 aliphatic rings. The summed E-state index contributed by atoms with van der Waals surface area (Å²) in [5.74, 6) is 0. The highest BCUT2D eigenvalue weighted by atomic mass is 16.5. The van der Waals surface area contributed by atoms with Gasteiger partial charge in [-0.2, -0.15) is 0 Å². The molecule has 3 heteroatoms. The Morgan fingerprint density at radius 2 is 2.12 bits per heavy atom. The Morgan fingerprint density at radius 1 is 1.25 bits per heavy atom. The van der Waals surface area contributed by atoms with E-state index in [0.717, 1.165) is 31.7 Å². The lowest BCUT2D eigenvalue weighted by Gasteiger charge is -2.02. The summed E-state index contributed by atoms with van der Waals surface area (Å²) in [4.78, 5) is 0. The van der Waals surface area contributed by atoms with E-state index < -0.39 is 0 Å². The smallest absolute Gasteiger partial charge is 0.134 e. The molecule has 0 unspecified atom stereocenters. The van der Waals surface area contributed by atoms with Gasteiger partial charge in [0, 0.05) is 19.0 Å². The summed E-state index contributed by atoms with van der Waals surface area (Å²) in [6.07, 6.45) is 2.84. The van der Waals surface area contributed by atoms with Crippen LogP contribution in [0.5, 0.6) is 0 Å². The average molecular weight is 219 g/mol. The van der Waals surface area contributed by atoms with Crippen LogP contribution in [0, 0.1) is 0 Å². The first-order valence-corrected chi connectivity index (χ1v) is 5.56. The fourth-order valence-electron chi connectivity index (χ4n) is 1.75. The first kappa shape index (κ1) is 11.2. The van der Waals surface area contributed by atoms with Gasteiger partial charge in [-0.15, -0.1) is 0 Å². The number of rotatable bonds is 6. The highest BCUT2D eigenvalue weighted by molar-refractivity contribution is 5.80. The normalized spacial score (nSPS) is 11.1. The van der Waals surface area contributed by atoms with E-state index in [-0.39, 0.29) is 0 Å². The van der Waals surface area contributed by atoms with Gasteiger partial charge in [0.1, 0.15) is 5.58 Å². The van der Waals surface area contributed by atoms with E-state index in [2.05, 4.69) is 11.4 Å². The summed E-state index contributed by atoms with van der Waals surface area (Å²) >= 11 is 0. The van der Waals surface area contributed by atoms with Gasteiger partial charge in [-0.3, -0.25) is 0 Å². The minimum atomic E-state index is 0.756. The third-order valence-electron chi connectivity index (χ3n) is 2.62. The molecular formula is C13H17NO2. The van der Waals surface area contributed by atoms with Crippen LogP contribution in [0.1, 0.15) is 5.56 Å². The maximum atomic E-state index is 5.47. The first-order valence-electron chi connectivity index (χ1n) is 5.56. The molecule has 86 valence electrons. The van der Waals surface area contributed by atoms with Crippen LogP contribution >= 0.6 is 0 Å². The summed E-state index contributed by atoms with van der Waals surface area (Å²) in [6, 6.07) is 8.13. The summed E-state index contributed by atoms with van der Waals surface area (Å²) in [7, 11) is 1.71. The lowest BCUT2D eigenvalue weighted by Crippen LogP contribution is -2.21. The van der Waals surface area contributed by atoms with Gasteiger partial charge < -0.3 is 14.5 Å². The number of hydrogen-bond donors (Lipinski definition) is 1. The van der Waals surface area contributed by atoms with Crippen LogP contribution in [0.15, 0.2) is 34.9 Å². The maximum absolute atomic E-state index is 5.47. The van der Waals surface area contributed by atoms with E-state index >= 15 is 0 Å². The van der Waals surface area contributed by atoms with Gasteiger partial charge in [-0.05, 0) is 24.6 Å². The molecule has 1 aromatic heterocycles. The number of ether oxygens (including phenoxy) is 1. The van der Waals surface area contributed by atoms with Crippen molar-refractivity contribution in [1.29, 1.82) is 0 Å². The van der Waals surface area contributed by atoms with Crippen LogP contribution in [-0.2, 0) is 11.2 Å². The Bertz CT molecular complexity index is 436. The lowest BCUT2D eigenvalue weighted by molar-refractivity contribution is 0.199. The van der Waals surface area contributed by atoms with Crippen molar-refractivity contribution in [3.63, 3.8) is 0 Å². The fourth-order valence-corrected chi connectivity index (χ4v) is 1.75. The molecule has 0 bridgehead atoms. The molecule has 0 amide bonds. The van der Waals surface area contributed by atoms with E-state index in [1.807, 2.05) is 24.5 Å². The molecule has 16 heavy (non-hydrogen) atoms. The van der Waals surface area contributed by atoms with Crippen molar-refractivity contribution in [1.82, 2.24) is 5.32 Å². The van der Waals surface area contributed by atoms with E-state index in [0.29, 0.717) is 0 Å². The Labute approximate surface area is 95.4 Å². The van der Waals surface area contributed by atoms with E-state index in [1.54, 1.807) is 7.11 Å². The van der Waals surface area contributed by atoms with Gasteiger partial charge in [0.15, 0.2) is 0 Å². The molecule has 2 aromatic rings. The van der Waals surface area contributed by atoms with Gasteiger partial charge in [0.05, 0.1) is 12.9 Å². The molecule has 0 radical (unpaired) electrons. The van der Waals surface area contributed by atoms with Crippen molar-refractivity contribution in [3.8, 4) is 0 Å². The topological polar surface area (TPSA) is 34.4 Å². The van der Waals surface area contributed by atoms with Gasteiger partial charge in [0.2, 0.25) is 0 Å². The summed E-state index contributed by atoms with van der Waals surface area (Å²) in [5.41, 5.74) is 2.23. The van der Waals surface area contributed by atoms with Crippen molar-refractivity contribution in [2.45, 2.75) is 6.42 Å². The van der Waals surface area contributed by atoms with Crippen molar-refractivity contribution in [2.75, 3.05) is 26.8 Å². The average Bonchev–Trinajstić information content (AvgIpc) is 2.73. The Kier molecular flexibility index (Phi) is 3.97. The number of furan rings is 1. The van der Waals surface area contributed by atoms with Gasteiger partial charge in [-0.1, -0.05) is 18.2 Å². The van der Waals surface area contributed by atoms with Crippen molar-refractivity contribution in [2.24, 2.45) is 0 Å². The van der Waals surface area contributed by atoms with Gasteiger partial charge in [0.25, 0.3) is 0 Å². The molecule has 0 aliphatic carbocycles. The van der Waals surface area contributed by atoms with E-state index in [9.17, 15) is 0 Å². The largest absolute Gasteiger partial charge is 0.464 e. The Balaban J connectivity index is 1.89. The molecular weight excluding hydrogens is 202 g/mol. The zero-order valence-corrected chi connectivity index (χ0v) is 9.53. The predicted octanol–water partition coefficient (Wildman–Crippen LogP) is 2.21. The number of nitrogens with one attached hydrogen (secondary N) is 1. The first-order chi connectivity index (χ1) is 7.92.